The van der Waals surface area contributed by atoms with Crippen LogP contribution in [0.15, 0.2) is 28.9 Å². The van der Waals surface area contributed by atoms with Gasteiger partial charge in [-0.05, 0) is 53.9 Å². The minimum atomic E-state index is -0.545. The zero-order valence-corrected chi connectivity index (χ0v) is 13.7. The quantitative estimate of drug-likeness (QED) is 0.675. The zero-order chi connectivity index (χ0) is 15.6. The molecule has 0 atom stereocenters. The first kappa shape index (κ1) is 15.5. The van der Waals surface area contributed by atoms with E-state index in [0.717, 1.165) is 21.2 Å². The van der Waals surface area contributed by atoms with Crippen LogP contribution in [0.4, 0.5) is 0 Å². The third-order valence-corrected chi connectivity index (χ3v) is 3.62. The Morgan fingerprint density at radius 1 is 1.14 bits per heavy atom. The highest BCUT2D eigenvalue weighted by molar-refractivity contribution is 9.10. The Morgan fingerprint density at radius 3 is 2.29 bits per heavy atom. The number of carbonyl (C=O) groups excluding carboxylic acids is 2. The van der Waals surface area contributed by atoms with Crippen LogP contribution >= 0.6 is 15.9 Å². The molecule has 2 rings (SSSR count). The number of hydrogen-bond acceptors (Lipinski definition) is 3. The molecule has 0 amide bonds. The van der Waals surface area contributed by atoms with Gasteiger partial charge in [0.05, 0.1) is 0 Å². The predicted octanol–water partition coefficient (Wildman–Crippen LogP) is 3.74. The fourth-order valence-corrected chi connectivity index (χ4v) is 2.73. The molecule has 1 aromatic carbocycles. The number of ketones is 1. The second-order valence-electron chi connectivity index (χ2n) is 5.00. The van der Waals surface area contributed by atoms with E-state index in [2.05, 4.69) is 20.9 Å². The lowest BCUT2D eigenvalue weighted by Crippen LogP contribution is -2.16. The Balaban J connectivity index is 2.07. The number of hydrogen-bond donors (Lipinski definition) is 1. The molecule has 1 N–H and O–H groups in total. The van der Waals surface area contributed by atoms with Crippen molar-refractivity contribution < 1.29 is 14.3 Å². The van der Waals surface area contributed by atoms with Gasteiger partial charge in [0.15, 0.2) is 6.61 Å². The van der Waals surface area contributed by atoms with Crippen molar-refractivity contribution in [1.82, 2.24) is 4.98 Å². The third kappa shape index (κ3) is 3.61. The lowest BCUT2D eigenvalue weighted by Gasteiger charge is -2.10. The summed E-state index contributed by atoms with van der Waals surface area (Å²) >= 11 is 3.24. The smallest absolute Gasteiger partial charge is 0.355 e. The van der Waals surface area contributed by atoms with Crippen molar-refractivity contribution in [3.63, 3.8) is 0 Å². The molecule has 0 saturated carbocycles. The molecular formula is C16H16BrNO3. The Morgan fingerprint density at radius 2 is 1.76 bits per heavy atom. The number of rotatable bonds is 4. The zero-order valence-electron chi connectivity index (χ0n) is 12.1. The number of halogens is 1. The summed E-state index contributed by atoms with van der Waals surface area (Å²) in [6, 6.07) is 5.50. The highest BCUT2D eigenvalue weighted by Crippen LogP contribution is 2.17. The standard InChI is InChI=1S/C16H16BrNO3/c1-9-4-10(2)15(11(3)5-9)14(19)8-21-16(20)13-6-12(17)7-18-13/h4-7,18H,8H2,1-3H3. The van der Waals surface area contributed by atoms with Gasteiger partial charge in [-0.2, -0.15) is 0 Å². The summed E-state index contributed by atoms with van der Waals surface area (Å²) in [5.41, 5.74) is 3.84. The lowest BCUT2D eigenvalue weighted by atomic mass is 9.97. The average Bonchev–Trinajstić information content (AvgIpc) is 2.81. The molecule has 0 spiro atoms. The maximum absolute atomic E-state index is 12.2. The summed E-state index contributed by atoms with van der Waals surface area (Å²) in [6.07, 6.45) is 1.63. The van der Waals surface area contributed by atoms with E-state index in [-0.39, 0.29) is 12.4 Å². The van der Waals surface area contributed by atoms with Crippen LogP contribution in [-0.4, -0.2) is 23.3 Å². The molecule has 0 unspecified atom stereocenters. The van der Waals surface area contributed by atoms with Crippen molar-refractivity contribution in [3.05, 3.63) is 56.8 Å². The highest BCUT2D eigenvalue weighted by Gasteiger charge is 2.16. The molecule has 21 heavy (non-hydrogen) atoms. The van der Waals surface area contributed by atoms with E-state index in [9.17, 15) is 9.59 Å². The number of carbonyl (C=O) groups is 2. The van der Waals surface area contributed by atoms with Gasteiger partial charge in [-0.25, -0.2) is 4.79 Å². The van der Waals surface area contributed by atoms with E-state index in [1.807, 2.05) is 32.9 Å². The van der Waals surface area contributed by atoms with Crippen LogP contribution in [0, 0.1) is 20.8 Å². The fourth-order valence-electron chi connectivity index (χ4n) is 2.39. The van der Waals surface area contributed by atoms with Crippen LogP contribution in [-0.2, 0) is 4.74 Å². The van der Waals surface area contributed by atoms with Crippen molar-refractivity contribution >= 4 is 27.7 Å². The predicted molar refractivity (Wildman–Crippen MR) is 83.8 cm³/mol. The highest BCUT2D eigenvalue weighted by atomic mass is 79.9. The fraction of sp³-hybridized carbons (Fsp3) is 0.250. The molecule has 110 valence electrons. The Bertz CT molecular complexity index is 680. The van der Waals surface area contributed by atoms with Crippen LogP contribution in [0.2, 0.25) is 0 Å². The van der Waals surface area contributed by atoms with Crippen LogP contribution in [0.5, 0.6) is 0 Å². The van der Waals surface area contributed by atoms with Gasteiger partial charge in [-0.1, -0.05) is 17.7 Å². The molecule has 0 radical (unpaired) electrons. The van der Waals surface area contributed by atoms with Crippen molar-refractivity contribution in [2.75, 3.05) is 6.61 Å². The molecule has 4 nitrogen and oxygen atoms in total. The number of esters is 1. The number of benzene rings is 1. The van der Waals surface area contributed by atoms with Crippen molar-refractivity contribution in [3.8, 4) is 0 Å². The van der Waals surface area contributed by atoms with Gasteiger partial charge in [-0.15, -0.1) is 0 Å². The first-order valence-electron chi connectivity index (χ1n) is 6.50. The molecule has 0 saturated heterocycles. The van der Waals surface area contributed by atoms with Crippen LogP contribution in [0.1, 0.15) is 37.5 Å². The number of ether oxygens (including phenoxy) is 1. The minimum absolute atomic E-state index is 0.191. The second-order valence-corrected chi connectivity index (χ2v) is 5.92. The molecule has 0 aliphatic rings. The normalized spacial score (nSPS) is 10.5. The van der Waals surface area contributed by atoms with Gasteiger partial charge in [0.1, 0.15) is 5.69 Å². The molecular weight excluding hydrogens is 334 g/mol. The van der Waals surface area contributed by atoms with E-state index in [4.69, 9.17) is 4.74 Å². The Kier molecular flexibility index (Phi) is 4.63. The maximum Gasteiger partial charge on any atom is 0.355 e. The number of nitrogens with one attached hydrogen (secondary N) is 1. The van der Waals surface area contributed by atoms with Gasteiger partial charge >= 0.3 is 5.97 Å². The topological polar surface area (TPSA) is 59.2 Å². The number of H-pyrrole nitrogens is 1. The number of Topliss-reactive ketones (excluding diaryl/α,β-unsaturated/α-hetero) is 1. The molecule has 1 heterocycles. The van der Waals surface area contributed by atoms with Gasteiger partial charge in [0.25, 0.3) is 0 Å². The Hall–Kier alpha value is -1.88. The van der Waals surface area contributed by atoms with Crippen LogP contribution in [0.25, 0.3) is 0 Å². The van der Waals surface area contributed by atoms with Gasteiger partial charge in [0.2, 0.25) is 5.78 Å². The largest absolute Gasteiger partial charge is 0.453 e. The monoisotopic (exact) mass is 349 g/mol. The molecule has 5 heteroatoms. The first-order valence-corrected chi connectivity index (χ1v) is 7.30. The molecule has 1 aromatic heterocycles. The van der Waals surface area contributed by atoms with E-state index < -0.39 is 5.97 Å². The molecule has 0 aliphatic heterocycles. The maximum atomic E-state index is 12.2. The minimum Gasteiger partial charge on any atom is -0.453 e. The van der Waals surface area contributed by atoms with Crippen molar-refractivity contribution in [2.45, 2.75) is 20.8 Å². The third-order valence-electron chi connectivity index (χ3n) is 3.16. The van der Waals surface area contributed by atoms with Crippen LogP contribution < -0.4 is 0 Å². The van der Waals surface area contributed by atoms with Gasteiger partial charge < -0.3 is 9.72 Å². The summed E-state index contributed by atoms with van der Waals surface area (Å²) in [5.74, 6) is -0.736. The second kappa shape index (κ2) is 6.26. The van der Waals surface area contributed by atoms with Gasteiger partial charge in [0, 0.05) is 16.2 Å². The molecule has 0 fully saturated rings. The SMILES string of the molecule is Cc1cc(C)c(C(=O)COC(=O)c2cc(Br)c[nH]2)c(C)c1. The van der Waals surface area contributed by atoms with E-state index in [1.165, 1.54) is 0 Å². The number of aromatic nitrogens is 1. The summed E-state index contributed by atoms with van der Waals surface area (Å²) in [6.45, 7) is 5.49. The van der Waals surface area contributed by atoms with E-state index in [0.29, 0.717) is 11.3 Å². The summed E-state index contributed by atoms with van der Waals surface area (Å²) in [5, 5.41) is 0. The molecule has 0 aliphatic carbocycles. The van der Waals surface area contributed by atoms with Gasteiger partial charge in [-0.3, -0.25) is 4.79 Å². The first-order chi connectivity index (χ1) is 9.88. The summed E-state index contributed by atoms with van der Waals surface area (Å²) < 4.78 is 5.81. The summed E-state index contributed by atoms with van der Waals surface area (Å²) in [7, 11) is 0. The van der Waals surface area contributed by atoms with E-state index in [1.54, 1.807) is 12.3 Å². The van der Waals surface area contributed by atoms with Crippen LogP contribution in [0.3, 0.4) is 0 Å². The van der Waals surface area contributed by atoms with Crippen molar-refractivity contribution in [2.24, 2.45) is 0 Å². The molecule has 0 bridgehead atoms. The number of aromatic amines is 1. The molecule has 2 aromatic rings. The average molecular weight is 350 g/mol. The summed E-state index contributed by atoms with van der Waals surface area (Å²) in [4.78, 5) is 26.8. The van der Waals surface area contributed by atoms with E-state index >= 15 is 0 Å². The Labute approximate surface area is 131 Å². The lowest BCUT2D eigenvalue weighted by molar-refractivity contribution is 0.0469. The van der Waals surface area contributed by atoms with Crippen molar-refractivity contribution in [1.29, 1.82) is 0 Å². The number of aryl methyl sites for hydroxylation is 3.